The zero-order chi connectivity index (χ0) is 16.8. The normalized spacial score (nSPS) is 22.6. The molecule has 3 N–H and O–H groups in total. The smallest absolute Gasteiger partial charge is 0.316 e. The molecule has 5 nitrogen and oxygen atoms in total. The minimum atomic E-state index is -0.790. The minimum absolute atomic E-state index is 0.119. The second-order valence-corrected chi connectivity index (χ2v) is 7.23. The number of terminal acetylenes is 1. The standard InChI is InChI=1S/C18H28N2O3/c1-2-18(11-7-4-8-12-18)20-16(23)19-14-17(13-15(21)22)9-5-3-6-10-17/h1H,3-14H2,(H,21,22)(H2,19,20,23). The molecular formula is C18H28N2O3. The number of rotatable bonds is 5. The molecule has 0 unspecified atom stereocenters. The molecule has 128 valence electrons. The van der Waals surface area contributed by atoms with Gasteiger partial charge in [0.05, 0.1) is 6.42 Å². The molecule has 0 radical (unpaired) electrons. The summed E-state index contributed by atoms with van der Waals surface area (Å²) >= 11 is 0. The fourth-order valence-electron chi connectivity index (χ4n) is 4.03. The number of carbonyl (C=O) groups is 2. The van der Waals surface area contributed by atoms with Gasteiger partial charge in [0.15, 0.2) is 0 Å². The minimum Gasteiger partial charge on any atom is -0.481 e. The van der Waals surface area contributed by atoms with Gasteiger partial charge in [0.1, 0.15) is 5.54 Å². The largest absolute Gasteiger partial charge is 0.481 e. The molecule has 23 heavy (non-hydrogen) atoms. The van der Waals surface area contributed by atoms with Crippen molar-refractivity contribution >= 4 is 12.0 Å². The maximum absolute atomic E-state index is 12.3. The van der Waals surface area contributed by atoms with E-state index in [1.807, 2.05) is 0 Å². The van der Waals surface area contributed by atoms with E-state index >= 15 is 0 Å². The molecule has 0 bridgehead atoms. The first kappa shape index (κ1) is 17.7. The van der Waals surface area contributed by atoms with Crippen molar-refractivity contribution in [2.24, 2.45) is 5.41 Å². The lowest BCUT2D eigenvalue weighted by Crippen LogP contribution is -2.54. The van der Waals surface area contributed by atoms with E-state index in [1.165, 1.54) is 0 Å². The van der Waals surface area contributed by atoms with Crippen molar-refractivity contribution < 1.29 is 14.7 Å². The Hall–Kier alpha value is -1.70. The van der Waals surface area contributed by atoms with Crippen molar-refractivity contribution in [3.05, 3.63) is 0 Å². The summed E-state index contributed by atoms with van der Waals surface area (Å²) < 4.78 is 0. The van der Waals surface area contributed by atoms with Gasteiger partial charge in [0.2, 0.25) is 0 Å². The van der Waals surface area contributed by atoms with Gasteiger partial charge in [-0.05, 0) is 31.1 Å². The Morgan fingerprint density at radius 3 is 2.09 bits per heavy atom. The van der Waals surface area contributed by atoms with E-state index < -0.39 is 11.5 Å². The number of aliphatic carboxylic acids is 1. The molecule has 2 amide bonds. The fraction of sp³-hybridized carbons (Fsp3) is 0.778. The van der Waals surface area contributed by atoms with Crippen LogP contribution in [0.2, 0.25) is 0 Å². The van der Waals surface area contributed by atoms with Crippen LogP contribution in [0.3, 0.4) is 0 Å². The zero-order valence-electron chi connectivity index (χ0n) is 13.8. The van der Waals surface area contributed by atoms with E-state index in [0.717, 1.165) is 64.2 Å². The average molecular weight is 320 g/mol. The van der Waals surface area contributed by atoms with Gasteiger partial charge in [-0.1, -0.05) is 44.4 Å². The van der Waals surface area contributed by atoms with Gasteiger partial charge in [0.25, 0.3) is 0 Å². The van der Waals surface area contributed by atoms with E-state index in [9.17, 15) is 14.7 Å². The van der Waals surface area contributed by atoms with Gasteiger partial charge >= 0.3 is 12.0 Å². The second kappa shape index (κ2) is 7.72. The van der Waals surface area contributed by atoms with Crippen LogP contribution in [0.4, 0.5) is 4.79 Å². The van der Waals surface area contributed by atoms with E-state index in [1.54, 1.807) is 0 Å². The molecule has 2 aliphatic rings. The van der Waals surface area contributed by atoms with Crippen molar-refractivity contribution in [1.29, 1.82) is 0 Å². The number of carboxylic acids is 1. The van der Waals surface area contributed by atoms with Crippen LogP contribution in [-0.4, -0.2) is 29.2 Å². The Balaban J connectivity index is 1.90. The summed E-state index contributed by atoms with van der Waals surface area (Å²) in [6.07, 6.45) is 15.6. The molecule has 0 atom stereocenters. The maximum atomic E-state index is 12.3. The summed E-state index contributed by atoms with van der Waals surface area (Å²) in [6.45, 7) is 0.409. The highest BCUT2D eigenvalue weighted by Gasteiger charge is 2.36. The summed E-state index contributed by atoms with van der Waals surface area (Å²) in [5.74, 6) is 1.97. The molecular weight excluding hydrogens is 292 g/mol. The molecule has 0 spiro atoms. The third-order valence-corrected chi connectivity index (χ3v) is 5.40. The average Bonchev–Trinajstić information content (AvgIpc) is 2.54. The molecule has 2 saturated carbocycles. The second-order valence-electron chi connectivity index (χ2n) is 7.23. The van der Waals surface area contributed by atoms with Crippen LogP contribution in [0.15, 0.2) is 0 Å². The summed E-state index contributed by atoms with van der Waals surface area (Å²) in [4.78, 5) is 23.5. The molecule has 0 aromatic carbocycles. The van der Waals surface area contributed by atoms with Crippen molar-refractivity contribution in [2.45, 2.75) is 76.2 Å². The molecule has 0 aromatic rings. The Kier molecular flexibility index (Phi) is 5.92. The van der Waals surface area contributed by atoms with Crippen LogP contribution in [0.1, 0.15) is 70.6 Å². The first-order valence-corrected chi connectivity index (χ1v) is 8.75. The van der Waals surface area contributed by atoms with Gasteiger partial charge in [-0.25, -0.2) is 4.79 Å². The summed E-state index contributed by atoms with van der Waals surface area (Å²) in [6, 6.07) is -0.264. The van der Waals surface area contributed by atoms with Crippen molar-refractivity contribution in [2.75, 3.05) is 6.54 Å². The SMILES string of the molecule is C#CC1(NC(=O)NCC2(CC(=O)O)CCCCC2)CCCCC1. The van der Waals surface area contributed by atoms with Gasteiger partial charge in [-0.2, -0.15) is 0 Å². The third kappa shape index (κ3) is 4.89. The lowest BCUT2D eigenvalue weighted by atomic mass is 9.72. The first-order chi connectivity index (χ1) is 11.0. The Morgan fingerprint density at radius 1 is 1.00 bits per heavy atom. The predicted octanol–water partition coefficient (Wildman–Crippen LogP) is 3.05. The Labute approximate surface area is 138 Å². The molecule has 0 aliphatic heterocycles. The summed E-state index contributed by atoms with van der Waals surface area (Å²) in [7, 11) is 0. The van der Waals surface area contributed by atoms with Crippen LogP contribution in [0.5, 0.6) is 0 Å². The van der Waals surface area contributed by atoms with Gasteiger partial charge in [0, 0.05) is 6.54 Å². The number of amides is 2. The number of hydrogen-bond acceptors (Lipinski definition) is 2. The molecule has 5 heteroatoms. The van der Waals surface area contributed by atoms with Crippen LogP contribution in [0, 0.1) is 17.8 Å². The molecule has 2 fully saturated rings. The fourth-order valence-corrected chi connectivity index (χ4v) is 4.03. The molecule has 0 heterocycles. The summed E-state index contributed by atoms with van der Waals surface area (Å²) in [5.41, 5.74) is -0.841. The van der Waals surface area contributed by atoms with Gasteiger partial charge in [-0.15, -0.1) is 6.42 Å². The number of urea groups is 1. The number of carboxylic acid groups (broad SMARTS) is 1. The van der Waals surface area contributed by atoms with E-state index in [-0.39, 0.29) is 17.9 Å². The highest BCUT2D eigenvalue weighted by atomic mass is 16.4. The molecule has 2 aliphatic carbocycles. The zero-order valence-corrected chi connectivity index (χ0v) is 13.8. The molecule has 2 rings (SSSR count). The lowest BCUT2D eigenvalue weighted by Gasteiger charge is -2.37. The lowest BCUT2D eigenvalue weighted by molar-refractivity contribution is -0.140. The van der Waals surface area contributed by atoms with Crippen molar-refractivity contribution in [3.63, 3.8) is 0 Å². The quantitative estimate of drug-likeness (QED) is 0.681. The predicted molar refractivity (Wildman–Crippen MR) is 89.0 cm³/mol. The molecule has 0 aromatic heterocycles. The summed E-state index contributed by atoms with van der Waals surface area (Å²) in [5, 5.41) is 15.0. The highest BCUT2D eigenvalue weighted by molar-refractivity contribution is 5.75. The Morgan fingerprint density at radius 2 is 1.57 bits per heavy atom. The van der Waals surface area contributed by atoms with Crippen LogP contribution >= 0.6 is 0 Å². The van der Waals surface area contributed by atoms with Crippen molar-refractivity contribution in [1.82, 2.24) is 10.6 Å². The number of carbonyl (C=O) groups excluding carboxylic acids is 1. The highest BCUT2D eigenvalue weighted by Crippen LogP contribution is 2.38. The number of hydrogen-bond donors (Lipinski definition) is 3. The van der Waals surface area contributed by atoms with Gasteiger partial charge < -0.3 is 15.7 Å². The van der Waals surface area contributed by atoms with Gasteiger partial charge in [-0.3, -0.25) is 4.79 Å². The topological polar surface area (TPSA) is 78.4 Å². The first-order valence-electron chi connectivity index (χ1n) is 8.75. The van der Waals surface area contributed by atoms with Crippen molar-refractivity contribution in [3.8, 4) is 12.3 Å². The van der Waals surface area contributed by atoms with E-state index in [0.29, 0.717) is 6.54 Å². The van der Waals surface area contributed by atoms with E-state index in [4.69, 9.17) is 6.42 Å². The number of nitrogens with one attached hydrogen (secondary N) is 2. The monoisotopic (exact) mass is 320 g/mol. The van der Waals surface area contributed by atoms with E-state index in [2.05, 4.69) is 16.6 Å². The Bertz CT molecular complexity index is 469. The van der Waals surface area contributed by atoms with Crippen LogP contribution in [0.25, 0.3) is 0 Å². The maximum Gasteiger partial charge on any atom is 0.316 e. The third-order valence-electron chi connectivity index (χ3n) is 5.40. The van der Waals surface area contributed by atoms with Crippen LogP contribution in [-0.2, 0) is 4.79 Å². The molecule has 0 saturated heterocycles. The van der Waals surface area contributed by atoms with Crippen LogP contribution < -0.4 is 10.6 Å².